The first kappa shape index (κ1) is 19.9. The molecule has 1 aromatic heterocycles. The zero-order chi connectivity index (χ0) is 19.8. The molecule has 6 nitrogen and oxygen atoms in total. The summed E-state index contributed by atoms with van der Waals surface area (Å²) in [5.74, 6) is 2.26. The van der Waals surface area contributed by atoms with Gasteiger partial charge >= 0.3 is 0 Å². The molecule has 0 atom stereocenters. The first-order chi connectivity index (χ1) is 13.7. The minimum absolute atomic E-state index is 0.575. The Morgan fingerprint density at radius 1 is 1.04 bits per heavy atom. The van der Waals surface area contributed by atoms with Crippen molar-refractivity contribution in [1.29, 1.82) is 0 Å². The van der Waals surface area contributed by atoms with Crippen LogP contribution in [0.25, 0.3) is 0 Å². The number of benzene rings is 2. The molecule has 7 heteroatoms. The van der Waals surface area contributed by atoms with Crippen LogP contribution in [0.4, 0.5) is 0 Å². The second kappa shape index (κ2) is 9.94. The highest BCUT2D eigenvalue weighted by Gasteiger charge is 2.07. The summed E-state index contributed by atoms with van der Waals surface area (Å²) in [4.78, 5) is 0. The molecular formula is C21H24N4O2S. The van der Waals surface area contributed by atoms with Crippen LogP contribution >= 0.6 is 11.8 Å². The van der Waals surface area contributed by atoms with Gasteiger partial charge in [-0.05, 0) is 50.1 Å². The average molecular weight is 397 g/mol. The first-order valence-corrected chi connectivity index (χ1v) is 10.2. The Balaban J connectivity index is 1.70. The Morgan fingerprint density at radius 2 is 1.79 bits per heavy atom. The normalized spacial score (nSPS) is 11.1. The van der Waals surface area contributed by atoms with Gasteiger partial charge < -0.3 is 9.47 Å². The summed E-state index contributed by atoms with van der Waals surface area (Å²) in [5, 5.41) is 13.4. The van der Waals surface area contributed by atoms with Gasteiger partial charge in [-0.15, -0.1) is 10.2 Å². The lowest BCUT2D eigenvalue weighted by atomic mass is 10.2. The standard InChI is InChI=1S/C21H24N4O2S/c1-4-26-19-11-10-18(12-20(19)27-5-2)13-23-25-15-22-24-21(25)28-14-17-8-6-16(3)7-9-17/h6-13,15H,4-5,14H2,1-3H3/b23-13-. The highest BCUT2D eigenvalue weighted by Crippen LogP contribution is 2.28. The number of hydrogen-bond donors (Lipinski definition) is 0. The molecule has 2 aromatic carbocycles. The molecule has 0 aliphatic heterocycles. The number of thioether (sulfide) groups is 1. The van der Waals surface area contributed by atoms with E-state index in [1.165, 1.54) is 11.1 Å². The second-order valence-electron chi connectivity index (χ2n) is 6.05. The van der Waals surface area contributed by atoms with Crippen molar-refractivity contribution in [3.05, 3.63) is 65.5 Å². The molecule has 0 saturated carbocycles. The third-order valence-electron chi connectivity index (χ3n) is 3.89. The summed E-state index contributed by atoms with van der Waals surface area (Å²) in [6.07, 6.45) is 3.36. The predicted molar refractivity (Wildman–Crippen MR) is 113 cm³/mol. The van der Waals surface area contributed by atoms with E-state index in [4.69, 9.17) is 9.47 Å². The quantitative estimate of drug-likeness (QED) is 0.392. The maximum absolute atomic E-state index is 5.66. The van der Waals surface area contributed by atoms with E-state index in [0.717, 1.165) is 22.2 Å². The fraction of sp³-hybridized carbons (Fsp3) is 0.286. The Labute approximate surface area is 169 Å². The van der Waals surface area contributed by atoms with Crippen molar-refractivity contribution in [2.75, 3.05) is 13.2 Å². The summed E-state index contributed by atoms with van der Waals surface area (Å²) in [5.41, 5.74) is 3.40. The summed E-state index contributed by atoms with van der Waals surface area (Å²) < 4.78 is 12.9. The summed E-state index contributed by atoms with van der Waals surface area (Å²) in [6, 6.07) is 14.2. The molecule has 0 spiro atoms. The number of hydrogen-bond acceptors (Lipinski definition) is 6. The van der Waals surface area contributed by atoms with Crippen molar-refractivity contribution in [1.82, 2.24) is 14.9 Å². The van der Waals surface area contributed by atoms with Crippen molar-refractivity contribution in [2.45, 2.75) is 31.7 Å². The molecule has 0 radical (unpaired) electrons. The van der Waals surface area contributed by atoms with Crippen LogP contribution in [-0.4, -0.2) is 34.3 Å². The Bertz CT molecular complexity index is 922. The topological polar surface area (TPSA) is 61.5 Å². The van der Waals surface area contributed by atoms with Gasteiger partial charge in [-0.2, -0.15) is 9.78 Å². The third kappa shape index (κ3) is 5.36. The lowest BCUT2D eigenvalue weighted by molar-refractivity contribution is 0.288. The van der Waals surface area contributed by atoms with Crippen LogP contribution in [0.3, 0.4) is 0 Å². The molecule has 0 unspecified atom stereocenters. The molecule has 0 aliphatic carbocycles. The van der Waals surface area contributed by atoms with Crippen LogP contribution in [0, 0.1) is 6.92 Å². The summed E-state index contributed by atoms with van der Waals surface area (Å²) in [6.45, 7) is 7.15. The SMILES string of the molecule is CCOc1ccc(/C=N\n2cnnc2SCc2ccc(C)cc2)cc1OCC. The fourth-order valence-corrected chi connectivity index (χ4v) is 3.32. The first-order valence-electron chi connectivity index (χ1n) is 9.22. The largest absolute Gasteiger partial charge is 0.490 e. The van der Waals surface area contributed by atoms with Crippen LogP contribution in [0.1, 0.15) is 30.5 Å². The monoisotopic (exact) mass is 396 g/mol. The molecule has 3 aromatic rings. The number of aromatic nitrogens is 3. The molecule has 3 rings (SSSR count). The Kier molecular flexibility index (Phi) is 7.08. The zero-order valence-electron chi connectivity index (χ0n) is 16.3. The van der Waals surface area contributed by atoms with Gasteiger partial charge in [-0.25, -0.2) is 0 Å². The third-order valence-corrected chi connectivity index (χ3v) is 4.89. The van der Waals surface area contributed by atoms with Gasteiger partial charge in [0.25, 0.3) is 0 Å². The smallest absolute Gasteiger partial charge is 0.212 e. The van der Waals surface area contributed by atoms with E-state index in [9.17, 15) is 0 Å². The van der Waals surface area contributed by atoms with Crippen molar-refractivity contribution in [3.8, 4) is 11.5 Å². The van der Waals surface area contributed by atoms with Gasteiger partial charge in [0, 0.05) is 5.75 Å². The molecule has 0 amide bonds. The van der Waals surface area contributed by atoms with Crippen LogP contribution in [0.5, 0.6) is 11.5 Å². The van der Waals surface area contributed by atoms with E-state index in [1.807, 2.05) is 32.0 Å². The van der Waals surface area contributed by atoms with E-state index in [-0.39, 0.29) is 0 Å². The molecule has 0 N–H and O–H groups in total. The van der Waals surface area contributed by atoms with Crippen LogP contribution in [0.2, 0.25) is 0 Å². The molecule has 0 aliphatic rings. The zero-order valence-corrected chi connectivity index (χ0v) is 17.1. The van der Waals surface area contributed by atoms with Gasteiger partial charge in [0.05, 0.1) is 19.4 Å². The molecule has 28 heavy (non-hydrogen) atoms. The minimum Gasteiger partial charge on any atom is -0.490 e. The lowest BCUT2D eigenvalue weighted by Crippen LogP contribution is -1.99. The van der Waals surface area contributed by atoms with Gasteiger partial charge in [0.15, 0.2) is 11.5 Å². The minimum atomic E-state index is 0.575. The van der Waals surface area contributed by atoms with E-state index in [2.05, 4.69) is 46.5 Å². The molecule has 0 fully saturated rings. The van der Waals surface area contributed by atoms with E-state index >= 15 is 0 Å². The maximum Gasteiger partial charge on any atom is 0.212 e. The average Bonchev–Trinajstić information content (AvgIpc) is 3.15. The predicted octanol–water partition coefficient (Wildman–Crippen LogP) is 4.56. The van der Waals surface area contributed by atoms with Crippen LogP contribution < -0.4 is 9.47 Å². The van der Waals surface area contributed by atoms with Crippen molar-refractivity contribution in [3.63, 3.8) is 0 Å². The van der Waals surface area contributed by atoms with E-state index < -0.39 is 0 Å². The number of rotatable bonds is 9. The van der Waals surface area contributed by atoms with Crippen LogP contribution in [0.15, 0.2) is 59.0 Å². The lowest BCUT2D eigenvalue weighted by Gasteiger charge is -2.11. The van der Waals surface area contributed by atoms with Crippen molar-refractivity contribution < 1.29 is 9.47 Å². The molecule has 0 saturated heterocycles. The second-order valence-corrected chi connectivity index (χ2v) is 6.99. The highest BCUT2D eigenvalue weighted by molar-refractivity contribution is 7.98. The number of aryl methyl sites for hydroxylation is 1. The summed E-state index contributed by atoms with van der Waals surface area (Å²) in [7, 11) is 0. The van der Waals surface area contributed by atoms with Gasteiger partial charge in [-0.3, -0.25) is 0 Å². The van der Waals surface area contributed by atoms with Gasteiger partial charge in [0.2, 0.25) is 5.16 Å². The van der Waals surface area contributed by atoms with Gasteiger partial charge in [-0.1, -0.05) is 41.6 Å². The molecule has 0 bridgehead atoms. The van der Waals surface area contributed by atoms with Crippen molar-refractivity contribution in [2.24, 2.45) is 5.10 Å². The van der Waals surface area contributed by atoms with E-state index in [1.54, 1.807) is 29.0 Å². The Morgan fingerprint density at radius 3 is 2.54 bits per heavy atom. The van der Waals surface area contributed by atoms with Gasteiger partial charge in [0.1, 0.15) is 6.33 Å². The molecule has 146 valence electrons. The summed E-state index contributed by atoms with van der Waals surface area (Å²) >= 11 is 1.60. The highest BCUT2D eigenvalue weighted by atomic mass is 32.2. The number of ether oxygens (including phenoxy) is 2. The number of nitrogens with zero attached hydrogens (tertiary/aromatic N) is 4. The molecule has 1 heterocycles. The van der Waals surface area contributed by atoms with Crippen molar-refractivity contribution >= 4 is 18.0 Å². The molecular weight excluding hydrogens is 372 g/mol. The van der Waals surface area contributed by atoms with E-state index in [0.29, 0.717) is 19.0 Å². The maximum atomic E-state index is 5.66. The van der Waals surface area contributed by atoms with Crippen LogP contribution in [-0.2, 0) is 5.75 Å². The fourth-order valence-electron chi connectivity index (χ4n) is 2.50. The Hall–Kier alpha value is -2.80.